The average Bonchev–Trinajstić information content (AvgIpc) is 2.71. The number of unbranched alkanes of at least 4 members (excludes halogenated alkanes) is 4. The molecule has 0 saturated heterocycles. The summed E-state index contributed by atoms with van der Waals surface area (Å²) in [6, 6.07) is 11.5. The van der Waals surface area contributed by atoms with Gasteiger partial charge in [-0.1, -0.05) is 75.1 Å². The minimum atomic E-state index is 0.709. The fourth-order valence-corrected chi connectivity index (χ4v) is 4.17. The van der Waals surface area contributed by atoms with E-state index < -0.39 is 0 Å². The zero-order chi connectivity index (χ0) is 19.2. The number of nitriles is 1. The lowest BCUT2D eigenvalue weighted by atomic mass is 9.79. The smallest absolute Gasteiger partial charge is 0.0912 e. The second-order valence-corrected chi connectivity index (χ2v) is 8.17. The summed E-state index contributed by atoms with van der Waals surface area (Å²) in [4.78, 5) is 0. The molecule has 0 N–H and O–H groups in total. The first-order valence-electron chi connectivity index (χ1n) is 11.1. The van der Waals surface area contributed by atoms with Gasteiger partial charge in [-0.05, 0) is 74.3 Å². The molecule has 0 spiro atoms. The van der Waals surface area contributed by atoms with Gasteiger partial charge in [-0.2, -0.15) is 5.26 Å². The summed E-state index contributed by atoms with van der Waals surface area (Å²) < 4.78 is 0. The highest BCUT2D eigenvalue weighted by Crippen LogP contribution is 2.32. The highest BCUT2D eigenvalue weighted by Gasteiger charge is 2.19. The van der Waals surface area contributed by atoms with Gasteiger partial charge in [0.1, 0.15) is 0 Å². The summed E-state index contributed by atoms with van der Waals surface area (Å²) >= 11 is 0. The van der Waals surface area contributed by atoms with Crippen molar-refractivity contribution < 1.29 is 0 Å². The van der Waals surface area contributed by atoms with Gasteiger partial charge in [-0.15, -0.1) is 0 Å². The molecular weight excluding hydrogens is 326 g/mol. The second-order valence-electron chi connectivity index (χ2n) is 8.17. The van der Waals surface area contributed by atoms with E-state index in [-0.39, 0.29) is 0 Å². The van der Waals surface area contributed by atoms with E-state index in [1.165, 1.54) is 88.2 Å². The van der Waals surface area contributed by atoms with Crippen LogP contribution in [0.2, 0.25) is 0 Å². The lowest BCUT2D eigenvalue weighted by molar-refractivity contribution is 0.296. The Labute approximate surface area is 167 Å². The molecule has 27 heavy (non-hydrogen) atoms. The first-order valence-corrected chi connectivity index (χ1v) is 11.1. The molecule has 146 valence electrons. The molecule has 1 aromatic rings. The van der Waals surface area contributed by atoms with E-state index in [0.717, 1.165) is 5.92 Å². The first kappa shape index (κ1) is 21.5. The van der Waals surface area contributed by atoms with Crippen LogP contribution in [0.3, 0.4) is 0 Å². The molecule has 1 aliphatic rings. The Bertz CT molecular complexity index is 594. The van der Waals surface area contributed by atoms with E-state index in [1.807, 2.05) is 18.2 Å². The van der Waals surface area contributed by atoms with Crippen molar-refractivity contribution in [1.29, 1.82) is 5.26 Å². The molecule has 0 radical (unpaired) electrons. The Hall–Kier alpha value is -1.81. The molecule has 0 bridgehead atoms. The van der Waals surface area contributed by atoms with Crippen molar-refractivity contribution in [1.82, 2.24) is 0 Å². The highest BCUT2D eigenvalue weighted by molar-refractivity contribution is 5.22. The monoisotopic (exact) mass is 363 g/mol. The third-order valence-electron chi connectivity index (χ3n) is 5.99. The van der Waals surface area contributed by atoms with E-state index in [9.17, 15) is 0 Å². The summed E-state index contributed by atoms with van der Waals surface area (Å²) in [5, 5.41) is 8.50. The van der Waals surface area contributed by atoms with Crippen LogP contribution in [0.4, 0.5) is 0 Å². The third kappa shape index (κ3) is 9.09. The van der Waals surface area contributed by atoms with Crippen LogP contribution < -0.4 is 0 Å². The van der Waals surface area contributed by atoms with Crippen LogP contribution >= 0.6 is 0 Å². The molecule has 1 fully saturated rings. The van der Waals surface area contributed by atoms with E-state index in [4.69, 9.17) is 5.26 Å². The summed E-state index contributed by atoms with van der Waals surface area (Å²) in [6.45, 7) is 2.28. The van der Waals surface area contributed by atoms with Crippen LogP contribution in [-0.4, -0.2) is 0 Å². The maximum Gasteiger partial charge on any atom is 0.0912 e. The molecular formula is C26H37N. The van der Waals surface area contributed by atoms with Crippen molar-refractivity contribution >= 4 is 0 Å². The molecule has 0 aliphatic heterocycles. The van der Waals surface area contributed by atoms with Crippen molar-refractivity contribution in [3.05, 3.63) is 59.7 Å². The first-order chi connectivity index (χ1) is 13.3. The molecule has 0 unspecified atom stereocenters. The van der Waals surface area contributed by atoms with Crippen LogP contribution in [0.5, 0.6) is 0 Å². The molecule has 1 saturated carbocycles. The molecule has 0 atom stereocenters. The molecule has 1 aliphatic carbocycles. The number of rotatable bonds is 11. The molecule has 0 heterocycles. The summed E-state index contributed by atoms with van der Waals surface area (Å²) in [6.07, 6.45) is 23.7. The fraction of sp³-hybridized carbons (Fsp3) is 0.577. The molecule has 1 heteroatoms. The van der Waals surface area contributed by atoms with Gasteiger partial charge in [0.25, 0.3) is 0 Å². The molecule has 1 aromatic carbocycles. The largest absolute Gasteiger partial charge is 0.193 e. The lowest BCUT2D eigenvalue weighted by Crippen LogP contribution is -2.13. The normalized spacial score (nSPS) is 20.3. The number of nitrogens with zero attached hydrogens (tertiary/aromatic N) is 1. The standard InChI is InChI=1S/C26H37N/c1-2-3-4-5-7-10-23-12-16-25(17-13-23)20-21-26-18-14-24(15-19-26)11-8-6-9-22-27/h6,8-9,11-13,16-17,24,26H,2-5,7,10,14-15,18-21H2,1H3/t24-,26-. The zero-order valence-corrected chi connectivity index (χ0v) is 17.2. The fourth-order valence-electron chi connectivity index (χ4n) is 4.17. The van der Waals surface area contributed by atoms with Gasteiger partial charge in [0.2, 0.25) is 0 Å². The minimum Gasteiger partial charge on any atom is -0.193 e. The second kappa shape index (κ2) is 13.4. The Kier molecular flexibility index (Phi) is 10.6. The van der Waals surface area contributed by atoms with Crippen molar-refractivity contribution in [2.45, 2.75) is 84.0 Å². The Morgan fingerprint density at radius 2 is 1.56 bits per heavy atom. The van der Waals surface area contributed by atoms with Gasteiger partial charge >= 0.3 is 0 Å². The Morgan fingerprint density at radius 3 is 2.22 bits per heavy atom. The number of hydrogen-bond acceptors (Lipinski definition) is 1. The minimum absolute atomic E-state index is 0.709. The zero-order valence-electron chi connectivity index (χ0n) is 17.2. The number of aryl methyl sites for hydroxylation is 2. The van der Waals surface area contributed by atoms with E-state index in [1.54, 1.807) is 6.08 Å². The molecule has 0 amide bonds. The van der Waals surface area contributed by atoms with Crippen molar-refractivity contribution in [3.8, 4) is 6.07 Å². The number of allylic oxidation sites excluding steroid dienone is 4. The predicted octanol–water partition coefficient (Wildman–Crippen LogP) is 7.57. The summed E-state index contributed by atoms with van der Waals surface area (Å²) in [5.41, 5.74) is 3.02. The lowest BCUT2D eigenvalue weighted by Gasteiger charge is -2.26. The third-order valence-corrected chi connectivity index (χ3v) is 5.99. The highest BCUT2D eigenvalue weighted by atomic mass is 14.2. The summed E-state index contributed by atoms with van der Waals surface area (Å²) in [5.74, 6) is 1.60. The Balaban J connectivity index is 1.62. The van der Waals surface area contributed by atoms with Gasteiger partial charge in [-0.3, -0.25) is 0 Å². The molecule has 2 rings (SSSR count). The molecule has 0 aromatic heterocycles. The van der Waals surface area contributed by atoms with E-state index >= 15 is 0 Å². The SMILES string of the molecule is CCCCCCCc1ccc(CC[C@H]2CC[C@H](C=CC=CC#N)CC2)cc1. The molecule has 1 nitrogen and oxygen atoms in total. The van der Waals surface area contributed by atoms with Crippen LogP contribution in [0, 0.1) is 23.2 Å². The van der Waals surface area contributed by atoms with Gasteiger partial charge in [0.15, 0.2) is 0 Å². The van der Waals surface area contributed by atoms with Gasteiger partial charge < -0.3 is 0 Å². The van der Waals surface area contributed by atoms with Crippen LogP contribution in [0.15, 0.2) is 48.6 Å². The maximum absolute atomic E-state index is 8.50. The van der Waals surface area contributed by atoms with Crippen molar-refractivity contribution in [2.24, 2.45) is 11.8 Å². The quantitative estimate of drug-likeness (QED) is 0.226. The van der Waals surface area contributed by atoms with E-state index in [2.05, 4.69) is 37.3 Å². The maximum atomic E-state index is 8.50. The van der Waals surface area contributed by atoms with Gasteiger partial charge in [-0.25, -0.2) is 0 Å². The number of hydrogen-bond donors (Lipinski definition) is 0. The van der Waals surface area contributed by atoms with Crippen LogP contribution in [0.25, 0.3) is 0 Å². The van der Waals surface area contributed by atoms with Gasteiger partial charge in [0.05, 0.1) is 6.07 Å². The topological polar surface area (TPSA) is 23.8 Å². The van der Waals surface area contributed by atoms with Crippen molar-refractivity contribution in [2.75, 3.05) is 0 Å². The van der Waals surface area contributed by atoms with Crippen LogP contribution in [0.1, 0.15) is 82.3 Å². The van der Waals surface area contributed by atoms with Crippen LogP contribution in [-0.2, 0) is 12.8 Å². The predicted molar refractivity (Wildman–Crippen MR) is 117 cm³/mol. The van der Waals surface area contributed by atoms with E-state index in [0.29, 0.717) is 5.92 Å². The van der Waals surface area contributed by atoms with Crippen molar-refractivity contribution in [3.63, 3.8) is 0 Å². The average molecular weight is 364 g/mol. The number of benzene rings is 1. The Morgan fingerprint density at radius 1 is 0.889 bits per heavy atom. The summed E-state index contributed by atoms with van der Waals surface area (Å²) in [7, 11) is 0. The van der Waals surface area contributed by atoms with Gasteiger partial charge in [0, 0.05) is 6.08 Å².